The highest BCUT2D eigenvalue weighted by Crippen LogP contribution is 2.30. The zero-order chi connectivity index (χ0) is 17.3. The topological polar surface area (TPSA) is 72.1 Å². The average Bonchev–Trinajstić information content (AvgIpc) is 2.57. The number of amides is 1. The Hall–Kier alpha value is -2.43. The summed E-state index contributed by atoms with van der Waals surface area (Å²) in [5, 5.41) is 0. The summed E-state index contributed by atoms with van der Waals surface area (Å²) in [5.74, 6) is 1.54. The Morgan fingerprint density at radius 1 is 1.08 bits per heavy atom. The summed E-state index contributed by atoms with van der Waals surface area (Å²) in [6.45, 7) is 7.69. The first-order chi connectivity index (χ1) is 11.5. The second kappa shape index (κ2) is 6.59. The number of anilines is 1. The molecular formula is C19H24N4O. The number of nitrogens with two attached hydrogens (primary N) is 1. The summed E-state index contributed by atoms with van der Waals surface area (Å²) < 4.78 is 0. The van der Waals surface area contributed by atoms with Crippen molar-refractivity contribution in [2.75, 3.05) is 18.0 Å². The Labute approximate surface area is 142 Å². The van der Waals surface area contributed by atoms with Crippen LogP contribution in [0.2, 0.25) is 0 Å². The minimum Gasteiger partial charge on any atom is -0.369 e. The van der Waals surface area contributed by atoms with Crippen LogP contribution in [0.4, 0.5) is 5.82 Å². The number of aryl methyl sites for hydroxylation is 2. The number of hydrogen-bond donors (Lipinski definition) is 1. The van der Waals surface area contributed by atoms with Gasteiger partial charge in [-0.05, 0) is 33.6 Å². The van der Waals surface area contributed by atoms with Crippen molar-refractivity contribution >= 4 is 11.7 Å². The van der Waals surface area contributed by atoms with Crippen molar-refractivity contribution in [1.29, 1.82) is 0 Å². The van der Waals surface area contributed by atoms with Crippen LogP contribution >= 0.6 is 0 Å². The lowest BCUT2D eigenvalue weighted by Gasteiger charge is -2.32. The molecule has 5 nitrogen and oxygen atoms in total. The highest BCUT2D eigenvalue weighted by atomic mass is 16.1. The number of primary amides is 1. The first-order valence-corrected chi connectivity index (χ1v) is 8.42. The standard InChI is InChI=1S/C19H24N4O/c1-12-4-6-15(7-5-12)17-13(2)19(22-14(3)21-17)23-10-8-16(9-11-23)18(20)24/h4-7,16H,8-11H2,1-3H3,(H2,20,24). The third-order valence-corrected chi connectivity index (χ3v) is 4.75. The van der Waals surface area contributed by atoms with Gasteiger partial charge < -0.3 is 10.6 Å². The molecule has 1 aromatic heterocycles. The SMILES string of the molecule is Cc1ccc(-c2nc(C)nc(N3CCC(C(N)=O)CC3)c2C)cc1. The number of hydrogen-bond acceptors (Lipinski definition) is 4. The van der Waals surface area contributed by atoms with Crippen LogP contribution in [-0.2, 0) is 4.79 Å². The van der Waals surface area contributed by atoms with E-state index in [1.165, 1.54) is 5.56 Å². The Balaban J connectivity index is 1.92. The van der Waals surface area contributed by atoms with Gasteiger partial charge in [-0.1, -0.05) is 29.8 Å². The molecule has 2 heterocycles. The number of carbonyl (C=O) groups is 1. The third-order valence-electron chi connectivity index (χ3n) is 4.75. The van der Waals surface area contributed by atoms with Gasteiger partial charge in [0.05, 0.1) is 5.69 Å². The Morgan fingerprint density at radius 3 is 2.29 bits per heavy atom. The van der Waals surface area contributed by atoms with E-state index in [0.717, 1.165) is 54.4 Å². The van der Waals surface area contributed by atoms with Crippen LogP contribution in [0.15, 0.2) is 24.3 Å². The average molecular weight is 324 g/mol. The minimum atomic E-state index is -0.189. The van der Waals surface area contributed by atoms with Crippen molar-refractivity contribution in [3.05, 3.63) is 41.2 Å². The highest BCUT2D eigenvalue weighted by molar-refractivity contribution is 5.77. The largest absolute Gasteiger partial charge is 0.369 e. The van der Waals surface area contributed by atoms with E-state index in [-0.39, 0.29) is 11.8 Å². The molecule has 0 radical (unpaired) electrons. The molecule has 0 bridgehead atoms. The molecule has 0 unspecified atom stereocenters. The molecule has 3 rings (SSSR count). The number of benzene rings is 1. The summed E-state index contributed by atoms with van der Waals surface area (Å²) in [7, 11) is 0. The summed E-state index contributed by atoms with van der Waals surface area (Å²) >= 11 is 0. The first-order valence-electron chi connectivity index (χ1n) is 8.42. The van der Waals surface area contributed by atoms with Crippen molar-refractivity contribution in [3.8, 4) is 11.3 Å². The van der Waals surface area contributed by atoms with Crippen molar-refractivity contribution in [3.63, 3.8) is 0 Å². The second-order valence-corrected chi connectivity index (χ2v) is 6.60. The van der Waals surface area contributed by atoms with Gasteiger partial charge in [0, 0.05) is 30.1 Å². The van der Waals surface area contributed by atoms with Gasteiger partial charge in [0.2, 0.25) is 5.91 Å². The molecule has 1 saturated heterocycles. The molecule has 2 N–H and O–H groups in total. The van der Waals surface area contributed by atoms with Crippen molar-refractivity contribution < 1.29 is 4.79 Å². The summed E-state index contributed by atoms with van der Waals surface area (Å²) in [6, 6.07) is 8.41. The Kier molecular flexibility index (Phi) is 4.51. The third kappa shape index (κ3) is 3.25. The lowest BCUT2D eigenvalue weighted by molar-refractivity contribution is -0.122. The van der Waals surface area contributed by atoms with E-state index in [2.05, 4.69) is 53.0 Å². The van der Waals surface area contributed by atoms with Crippen LogP contribution in [-0.4, -0.2) is 29.0 Å². The normalized spacial score (nSPS) is 15.5. The van der Waals surface area contributed by atoms with E-state index < -0.39 is 0 Å². The molecule has 1 amide bonds. The predicted molar refractivity (Wildman–Crippen MR) is 95.8 cm³/mol. The van der Waals surface area contributed by atoms with Crippen molar-refractivity contribution in [2.45, 2.75) is 33.6 Å². The van der Waals surface area contributed by atoms with Gasteiger partial charge in [0.25, 0.3) is 0 Å². The van der Waals surface area contributed by atoms with Gasteiger partial charge in [0.1, 0.15) is 11.6 Å². The summed E-state index contributed by atoms with van der Waals surface area (Å²) in [4.78, 5) is 22.9. The quantitative estimate of drug-likeness (QED) is 0.942. The van der Waals surface area contributed by atoms with E-state index in [9.17, 15) is 4.79 Å². The molecule has 126 valence electrons. The van der Waals surface area contributed by atoms with Gasteiger partial charge in [-0.25, -0.2) is 9.97 Å². The molecule has 5 heteroatoms. The molecular weight excluding hydrogens is 300 g/mol. The molecule has 0 saturated carbocycles. The molecule has 24 heavy (non-hydrogen) atoms. The molecule has 1 aliphatic rings. The molecule has 2 aromatic rings. The number of nitrogens with zero attached hydrogens (tertiary/aromatic N) is 3. The van der Waals surface area contributed by atoms with E-state index in [1.54, 1.807) is 0 Å². The molecule has 1 aliphatic heterocycles. The number of rotatable bonds is 3. The lowest BCUT2D eigenvalue weighted by atomic mass is 9.96. The van der Waals surface area contributed by atoms with Gasteiger partial charge in [-0.3, -0.25) is 4.79 Å². The predicted octanol–water partition coefficient (Wildman–Crippen LogP) is 2.77. The van der Waals surface area contributed by atoms with E-state index in [4.69, 9.17) is 5.73 Å². The molecule has 0 spiro atoms. The maximum absolute atomic E-state index is 11.4. The van der Waals surface area contributed by atoms with Crippen LogP contribution in [0, 0.1) is 26.7 Å². The number of carbonyl (C=O) groups excluding carboxylic acids is 1. The molecule has 1 aromatic carbocycles. The molecule has 1 fully saturated rings. The van der Waals surface area contributed by atoms with Gasteiger partial charge >= 0.3 is 0 Å². The highest BCUT2D eigenvalue weighted by Gasteiger charge is 2.25. The fraction of sp³-hybridized carbons (Fsp3) is 0.421. The van der Waals surface area contributed by atoms with E-state index >= 15 is 0 Å². The van der Waals surface area contributed by atoms with Crippen LogP contribution < -0.4 is 10.6 Å². The Morgan fingerprint density at radius 2 is 1.71 bits per heavy atom. The smallest absolute Gasteiger partial charge is 0.220 e. The van der Waals surface area contributed by atoms with Crippen LogP contribution in [0.5, 0.6) is 0 Å². The minimum absolute atomic E-state index is 0.0129. The maximum Gasteiger partial charge on any atom is 0.220 e. The maximum atomic E-state index is 11.4. The van der Waals surface area contributed by atoms with Crippen LogP contribution in [0.25, 0.3) is 11.3 Å². The van der Waals surface area contributed by atoms with Crippen molar-refractivity contribution in [2.24, 2.45) is 11.7 Å². The van der Waals surface area contributed by atoms with Crippen LogP contribution in [0.3, 0.4) is 0 Å². The van der Waals surface area contributed by atoms with E-state index in [0.29, 0.717) is 0 Å². The number of piperidine rings is 1. The fourth-order valence-corrected chi connectivity index (χ4v) is 3.29. The summed E-state index contributed by atoms with van der Waals surface area (Å²) in [6.07, 6.45) is 1.58. The van der Waals surface area contributed by atoms with Gasteiger partial charge in [-0.2, -0.15) is 0 Å². The first kappa shape index (κ1) is 16.4. The van der Waals surface area contributed by atoms with Gasteiger partial charge in [-0.15, -0.1) is 0 Å². The van der Waals surface area contributed by atoms with Crippen molar-refractivity contribution in [1.82, 2.24) is 9.97 Å². The molecule has 0 atom stereocenters. The monoisotopic (exact) mass is 324 g/mol. The Bertz CT molecular complexity index is 747. The van der Waals surface area contributed by atoms with Crippen LogP contribution in [0.1, 0.15) is 29.8 Å². The van der Waals surface area contributed by atoms with Gasteiger partial charge in [0.15, 0.2) is 0 Å². The summed E-state index contributed by atoms with van der Waals surface area (Å²) in [5.41, 5.74) is 9.84. The lowest BCUT2D eigenvalue weighted by Crippen LogP contribution is -2.39. The fourth-order valence-electron chi connectivity index (χ4n) is 3.29. The van der Waals surface area contributed by atoms with E-state index in [1.807, 2.05) is 6.92 Å². The second-order valence-electron chi connectivity index (χ2n) is 6.60. The zero-order valence-electron chi connectivity index (χ0n) is 14.5. The number of aromatic nitrogens is 2. The zero-order valence-corrected chi connectivity index (χ0v) is 14.5. The molecule has 0 aliphatic carbocycles.